The lowest BCUT2D eigenvalue weighted by atomic mass is 9.95. The van der Waals surface area contributed by atoms with Gasteiger partial charge in [0.2, 0.25) is 0 Å². The first-order chi connectivity index (χ1) is 19.1. The highest BCUT2D eigenvalue weighted by molar-refractivity contribution is 7.91. The van der Waals surface area contributed by atoms with Gasteiger partial charge in [-0.1, -0.05) is 106 Å². The van der Waals surface area contributed by atoms with Gasteiger partial charge >= 0.3 is 0 Å². The van der Waals surface area contributed by atoms with Crippen LogP contribution in [0, 0.1) is 5.92 Å². The molecule has 0 aliphatic carbocycles. The molecule has 40 heavy (non-hydrogen) atoms. The van der Waals surface area contributed by atoms with Gasteiger partial charge in [0.25, 0.3) is 8.32 Å². The van der Waals surface area contributed by atoms with Crippen molar-refractivity contribution < 1.29 is 22.3 Å². The van der Waals surface area contributed by atoms with Gasteiger partial charge in [0.05, 0.1) is 29.0 Å². The Kier molecular flexibility index (Phi) is 9.85. The van der Waals surface area contributed by atoms with Gasteiger partial charge in [0.15, 0.2) is 9.84 Å². The Balaban J connectivity index is 1.64. The van der Waals surface area contributed by atoms with Crippen LogP contribution in [0.5, 0.6) is 0 Å². The molecule has 1 fully saturated rings. The van der Waals surface area contributed by atoms with Crippen molar-refractivity contribution in [3.63, 3.8) is 0 Å². The van der Waals surface area contributed by atoms with Crippen molar-refractivity contribution in [1.82, 2.24) is 0 Å². The number of methoxy groups -OCH3 is 1. The van der Waals surface area contributed by atoms with E-state index in [9.17, 15) is 8.42 Å². The summed E-state index contributed by atoms with van der Waals surface area (Å²) in [4.78, 5) is 0.319. The quantitative estimate of drug-likeness (QED) is 0.213. The third-order valence-electron chi connectivity index (χ3n) is 7.94. The second kappa shape index (κ2) is 13.0. The van der Waals surface area contributed by atoms with E-state index in [1.54, 1.807) is 37.5 Å². The Morgan fingerprint density at radius 1 is 0.875 bits per heavy atom. The molecule has 5 nitrogen and oxygen atoms in total. The Bertz CT molecular complexity index is 1280. The molecule has 0 bridgehead atoms. The predicted octanol–water partition coefficient (Wildman–Crippen LogP) is 5.40. The lowest BCUT2D eigenvalue weighted by Gasteiger charge is -2.43. The van der Waals surface area contributed by atoms with Crippen LogP contribution in [0.2, 0.25) is 5.04 Å². The van der Waals surface area contributed by atoms with Crippen LogP contribution < -0.4 is 10.4 Å². The molecule has 1 saturated heterocycles. The molecule has 4 rings (SSSR count). The van der Waals surface area contributed by atoms with E-state index in [1.807, 2.05) is 18.2 Å². The van der Waals surface area contributed by atoms with Crippen LogP contribution in [-0.2, 0) is 23.7 Å². The molecule has 214 valence electrons. The predicted molar refractivity (Wildman–Crippen MR) is 164 cm³/mol. The summed E-state index contributed by atoms with van der Waals surface area (Å²) in [5.74, 6) is -0.379. The normalized spacial score (nSPS) is 21.8. The van der Waals surface area contributed by atoms with Gasteiger partial charge in [-0.2, -0.15) is 0 Å². The standard InChI is InChI=1S/C33H42O5SSi/c1-6-16-31-32(36-5)29(25-39(34,35)26-17-10-7-11-18-26)30(38-31)23-24-37-40(33(2,3)4,27-19-12-8-13-20-27)28-21-14-9-15-22-28/h6-15,17-22,29-32H,1,16,23-25H2,2-5H3/t29-,30-,31+,32+/m0/s1. The van der Waals surface area contributed by atoms with E-state index in [0.717, 1.165) is 0 Å². The highest BCUT2D eigenvalue weighted by Crippen LogP contribution is 2.39. The molecule has 3 aromatic carbocycles. The van der Waals surface area contributed by atoms with Gasteiger partial charge in [-0.15, -0.1) is 6.58 Å². The first kappa shape index (κ1) is 30.4. The number of rotatable bonds is 12. The average molecular weight is 579 g/mol. The second-order valence-corrected chi connectivity index (χ2v) is 17.8. The molecule has 0 aromatic heterocycles. The zero-order valence-electron chi connectivity index (χ0n) is 24.0. The molecule has 3 aromatic rings. The summed E-state index contributed by atoms with van der Waals surface area (Å²) < 4.78 is 46.3. The molecule has 0 N–H and O–H groups in total. The maximum absolute atomic E-state index is 13.4. The van der Waals surface area contributed by atoms with Crippen LogP contribution in [0.1, 0.15) is 33.6 Å². The van der Waals surface area contributed by atoms with Crippen molar-refractivity contribution in [3.8, 4) is 0 Å². The van der Waals surface area contributed by atoms with Gasteiger partial charge in [-0.3, -0.25) is 0 Å². The Hall–Kier alpha value is -2.55. The number of hydrogen-bond donors (Lipinski definition) is 0. The average Bonchev–Trinajstić information content (AvgIpc) is 3.27. The largest absolute Gasteiger partial charge is 0.407 e. The molecule has 4 atom stereocenters. The number of sulfone groups is 1. The molecule has 1 heterocycles. The molecule has 1 aliphatic heterocycles. The maximum Gasteiger partial charge on any atom is 0.261 e. The van der Waals surface area contributed by atoms with Crippen LogP contribution >= 0.6 is 0 Å². The zero-order valence-corrected chi connectivity index (χ0v) is 25.8. The zero-order chi connectivity index (χ0) is 28.8. The Morgan fingerprint density at radius 3 is 1.88 bits per heavy atom. The molecule has 0 unspecified atom stereocenters. The first-order valence-corrected chi connectivity index (χ1v) is 17.5. The highest BCUT2D eigenvalue weighted by atomic mass is 32.2. The number of ether oxygens (including phenoxy) is 2. The molecule has 0 saturated carbocycles. The molecule has 0 spiro atoms. The van der Waals surface area contributed by atoms with Crippen LogP contribution in [-0.4, -0.2) is 54.5 Å². The van der Waals surface area contributed by atoms with Gasteiger partial charge in [-0.05, 0) is 40.4 Å². The molecule has 7 heteroatoms. The fourth-order valence-corrected chi connectivity index (χ4v) is 12.4. The third-order valence-corrected chi connectivity index (χ3v) is 14.8. The smallest absolute Gasteiger partial charge is 0.261 e. The fourth-order valence-electron chi connectivity index (χ4n) is 6.12. The van der Waals surface area contributed by atoms with Crippen LogP contribution in [0.15, 0.2) is 109 Å². The van der Waals surface area contributed by atoms with Crippen molar-refractivity contribution in [3.05, 3.63) is 104 Å². The Morgan fingerprint density at radius 2 is 1.40 bits per heavy atom. The second-order valence-electron chi connectivity index (χ2n) is 11.5. The number of hydrogen-bond acceptors (Lipinski definition) is 5. The van der Waals surface area contributed by atoms with Crippen molar-refractivity contribution in [1.29, 1.82) is 0 Å². The topological polar surface area (TPSA) is 61.8 Å². The fraction of sp³-hybridized carbons (Fsp3) is 0.394. The summed E-state index contributed by atoms with van der Waals surface area (Å²) in [5, 5.41) is 2.27. The monoisotopic (exact) mass is 578 g/mol. The number of benzene rings is 3. The highest BCUT2D eigenvalue weighted by Gasteiger charge is 2.51. The van der Waals surface area contributed by atoms with Gasteiger partial charge < -0.3 is 13.9 Å². The molecular formula is C33H42O5SSi. The maximum atomic E-state index is 13.4. The van der Waals surface area contributed by atoms with E-state index in [1.165, 1.54) is 10.4 Å². The van der Waals surface area contributed by atoms with Crippen LogP contribution in [0.25, 0.3) is 0 Å². The van der Waals surface area contributed by atoms with Crippen molar-refractivity contribution in [2.45, 2.75) is 61.9 Å². The summed E-state index contributed by atoms with van der Waals surface area (Å²) in [6, 6.07) is 29.7. The van der Waals surface area contributed by atoms with Crippen molar-refractivity contribution in [2.75, 3.05) is 19.5 Å². The van der Waals surface area contributed by atoms with Crippen molar-refractivity contribution in [2.24, 2.45) is 5.92 Å². The summed E-state index contributed by atoms with van der Waals surface area (Å²) in [6.45, 7) is 11.1. The van der Waals surface area contributed by atoms with Gasteiger partial charge in [0, 0.05) is 19.6 Å². The Labute approximate surface area is 241 Å². The van der Waals surface area contributed by atoms with Crippen LogP contribution in [0.4, 0.5) is 0 Å². The minimum absolute atomic E-state index is 0.0486. The molecule has 1 aliphatic rings. The SMILES string of the molecule is C=CC[C@H]1O[C@@H](CCO[Si](c2ccccc2)(c2ccccc2)C(C)(C)C)[C@H](CS(=O)(=O)c2ccccc2)[C@H]1OC. The van der Waals surface area contributed by atoms with E-state index in [2.05, 4.69) is 75.9 Å². The summed E-state index contributed by atoms with van der Waals surface area (Å²) in [6.07, 6.45) is 2.03. The van der Waals surface area contributed by atoms with E-state index < -0.39 is 18.2 Å². The molecular weight excluding hydrogens is 537 g/mol. The summed E-state index contributed by atoms with van der Waals surface area (Å²) in [7, 11) is -4.63. The van der Waals surface area contributed by atoms with Crippen LogP contribution in [0.3, 0.4) is 0 Å². The summed E-state index contributed by atoms with van der Waals surface area (Å²) in [5.41, 5.74) is 0. The lowest BCUT2D eigenvalue weighted by molar-refractivity contribution is -0.00782. The van der Waals surface area contributed by atoms with E-state index in [-0.39, 0.29) is 35.0 Å². The third kappa shape index (κ3) is 6.34. The first-order valence-electron chi connectivity index (χ1n) is 14.0. The summed E-state index contributed by atoms with van der Waals surface area (Å²) >= 11 is 0. The van der Waals surface area contributed by atoms with E-state index in [0.29, 0.717) is 24.3 Å². The lowest BCUT2D eigenvalue weighted by Crippen LogP contribution is -2.66. The van der Waals surface area contributed by atoms with Gasteiger partial charge in [-0.25, -0.2) is 8.42 Å². The minimum atomic E-state index is -3.54. The van der Waals surface area contributed by atoms with Gasteiger partial charge in [0.1, 0.15) is 0 Å². The minimum Gasteiger partial charge on any atom is -0.407 e. The molecule has 0 amide bonds. The van der Waals surface area contributed by atoms with E-state index in [4.69, 9.17) is 13.9 Å². The van der Waals surface area contributed by atoms with Crippen molar-refractivity contribution >= 4 is 28.5 Å². The molecule has 0 radical (unpaired) electrons. The van der Waals surface area contributed by atoms with E-state index >= 15 is 0 Å².